The number of primary amides is 1. The minimum absolute atomic E-state index is 0.138. The van der Waals surface area contributed by atoms with E-state index in [-0.39, 0.29) is 45.9 Å². The van der Waals surface area contributed by atoms with Gasteiger partial charge in [0.05, 0.1) is 31.7 Å². The first kappa shape index (κ1) is 45.1. The lowest BCUT2D eigenvalue weighted by Crippen LogP contribution is -2.44. The molecule has 0 spiro atoms. The molecule has 1 atom stereocenters. The number of fused-ring (bicyclic) bond motifs is 1. The molecule has 6 rings (SSSR count). The Morgan fingerprint density at radius 3 is 2.31 bits per heavy atom. The number of carbonyl (C=O) groups is 3. The van der Waals surface area contributed by atoms with E-state index in [0.717, 1.165) is 93.3 Å². The normalized spacial score (nSPS) is 14.3. The number of benzene rings is 3. The average molecular weight is 921 g/mol. The first-order chi connectivity index (χ1) is 29.2. The molecule has 1 unspecified atom stereocenters. The molecule has 0 aliphatic carbocycles. The van der Waals surface area contributed by atoms with Gasteiger partial charge in [-0.25, -0.2) is 27.3 Å². The molecule has 1 fully saturated rings. The second-order valence-electron chi connectivity index (χ2n) is 15.3. The highest BCUT2D eigenvalue weighted by molar-refractivity contribution is 9.10. The Labute approximate surface area is 362 Å². The lowest BCUT2D eigenvalue weighted by atomic mass is 10.0. The van der Waals surface area contributed by atoms with Crippen LogP contribution >= 0.6 is 15.9 Å². The molecular weight excluding hydrogens is 869 g/mol. The van der Waals surface area contributed by atoms with Crippen LogP contribution in [0.2, 0.25) is 0 Å². The zero-order chi connectivity index (χ0) is 43.7. The van der Waals surface area contributed by atoms with Crippen molar-refractivity contribution in [3.63, 3.8) is 0 Å². The van der Waals surface area contributed by atoms with Crippen molar-refractivity contribution in [3.05, 3.63) is 98.3 Å². The highest BCUT2D eigenvalue weighted by atomic mass is 79.9. The van der Waals surface area contributed by atoms with E-state index in [1.165, 1.54) is 29.0 Å². The third kappa shape index (κ3) is 11.1. The Balaban J connectivity index is 0.867. The van der Waals surface area contributed by atoms with Crippen molar-refractivity contribution in [2.45, 2.75) is 101 Å². The highest BCUT2D eigenvalue weighted by Gasteiger charge is 2.31. The molecule has 18 heteroatoms. The maximum Gasteiger partial charge on any atom is 0.329 e. The molecule has 61 heavy (non-hydrogen) atoms. The van der Waals surface area contributed by atoms with Gasteiger partial charge in [-0.3, -0.25) is 28.8 Å². The molecule has 1 aliphatic rings. The quantitative estimate of drug-likeness (QED) is 0.0365. The summed E-state index contributed by atoms with van der Waals surface area (Å²) in [6, 6.07) is 13.9. The molecule has 1 saturated heterocycles. The number of imide groups is 1. The number of hydrogen-bond acceptors (Lipinski definition) is 10. The van der Waals surface area contributed by atoms with Gasteiger partial charge in [0.1, 0.15) is 17.7 Å². The van der Waals surface area contributed by atoms with Gasteiger partial charge in [-0.05, 0) is 96.1 Å². The Morgan fingerprint density at radius 2 is 1.62 bits per heavy atom. The van der Waals surface area contributed by atoms with Crippen molar-refractivity contribution in [2.75, 3.05) is 17.2 Å². The van der Waals surface area contributed by atoms with Crippen LogP contribution in [0.15, 0.2) is 75.0 Å². The summed E-state index contributed by atoms with van der Waals surface area (Å²) in [6.45, 7) is 2.11. The van der Waals surface area contributed by atoms with Crippen LogP contribution in [0.5, 0.6) is 0 Å². The lowest BCUT2D eigenvalue weighted by molar-refractivity contribution is -0.135. The summed E-state index contributed by atoms with van der Waals surface area (Å²) < 4.78 is 46.7. The summed E-state index contributed by atoms with van der Waals surface area (Å²) in [5.41, 5.74) is 8.84. The SMILES string of the molecule is Cc1cc(S(=O)(=O)NCCCCCCCCCCCCc2cccc3c2n(C)c(=O)n3C2CCC(=O)NC2=O)ccc1Nc1ncc(Br)c(Nc2cccc(F)c2C(N)=O)n1. The monoisotopic (exact) mass is 919 g/mol. The number of imidazole rings is 1. The number of amides is 3. The largest absolute Gasteiger partial charge is 0.365 e. The second kappa shape index (κ2) is 20.4. The lowest BCUT2D eigenvalue weighted by Gasteiger charge is -2.21. The standard InChI is InChI=1S/C43H51BrFN9O6S/c1-27-25-29(20-21-32(27)50-42-47-26-30(44)40(52-42)49-33-18-14-17-31(45)37(33)39(46)56)61(59,60)48-24-12-10-8-6-4-3-5-7-9-11-15-28-16-13-19-34-38(28)53(2)43(58)54(34)35-22-23-36(55)51-41(35)57/h13-14,16-21,25-26,35,48H,3-12,15,22-24H2,1-2H3,(H2,46,56)(H,51,55,57)(H2,47,49,50,52). The molecule has 3 heterocycles. The van der Waals surface area contributed by atoms with E-state index in [4.69, 9.17) is 5.73 Å². The Kier molecular flexibility index (Phi) is 15.1. The minimum atomic E-state index is -3.72. The maximum absolute atomic E-state index is 14.3. The second-order valence-corrected chi connectivity index (χ2v) is 17.9. The molecule has 2 aromatic heterocycles. The van der Waals surface area contributed by atoms with Gasteiger partial charge in [-0.15, -0.1) is 0 Å². The Bertz CT molecular complexity index is 2600. The number of nitrogens with zero attached hydrogens (tertiary/aromatic N) is 4. The molecule has 1 aliphatic heterocycles. The van der Waals surface area contributed by atoms with Gasteiger partial charge in [0.25, 0.3) is 5.91 Å². The Morgan fingerprint density at radius 1 is 0.934 bits per heavy atom. The van der Waals surface area contributed by atoms with Crippen LogP contribution in [-0.4, -0.2) is 51.8 Å². The van der Waals surface area contributed by atoms with Gasteiger partial charge in [0, 0.05) is 31.9 Å². The molecule has 15 nitrogen and oxygen atoms in total. The van der Waals surface area contributed by atoms with Crippen molar-refractivity contribution in [1.82, 2.24) is 29.1 Å². The van der Waals surface area contributed by atoms with Crippen LogP contribution in [0.1, 0.15) is 105 Å². The van der Waals surface area contributed by atoms with Crippen molar-refractivity contribution in [2.24, 2.45) is 12.8 Å². The summed E-state index contributed by atoms with van der Waals surface area (Å²) >= 11 is 3.36. The molecule has 6 N–H and O–H groups in total. The van der Waals surface area contributed by atoms with E-state index >= 15 is 0 Å². The predicted octanol–water partition coefficient (Wildman–Crippen LogP) is 7.33. The summed E-state index contributed by atoms with van der Waals surface area (Å²) in [6.07, 6.45) is 13.3. The Hall–Kier alpha value is -5.46. The van der Waals surface area contributed by atoms with E-state index in [1.807, 2.05) is 18.2 Å². The minimum Gasteiger partial charge on any atom is -0.365 e. The number of anilines is 4. The van der Waals surface area contributed by atoms with Crippen molar-refractivity contribution in [1.29, 1.82) is 0 Å². The fourth-order valence-electron chi connectivity index (χ4n) is 7.68. The first-order valence-corrected chi connectivity index (χ1v) is 22.8. The number of aromatic nitrogens is 4. The van der Waals surface area contributed by atoms with Crippen LogP contribution in [0.3, 0.4) is 0 Å². The highest BCUT2D eigenvalue weighted by Crippen LogP contribution is 2.30. The van der Waals surface area contributed by atoms with Crippen LogP contribution in [0, 0.1) is 12.7 Å². The number of piperidine rings is 1. The van der Waals surface area contributed by atoms with Gasteiger partial charge in [0.2, 0.25) is 27.8 Å². The smallest absolute Gasteiger partial charge is 0.329 e. The van der Waals surface area contributed by atoms with Crippen molar-refractivity contribution < 1.29 is 27.2 Å². The number of para-hydroxylation sites is 1. The van der Waals surface area contributed by atoms with Crippen LogP contribution in [0.4, 0.5) is 27.5 Å². The van der Waals surface area contributed by atoms with E-state index in [0.29, 0.717) is 28.7 Å². The average Bonchev–Trinajstić information content (AvgIpc) is 3.47. The van der Waals surface area contributed by atoms with Crippen LogP contribution in [-0.2, 0) is 33.1 Å². The van der Waals surface area contributed by atoms with Gasteiger partial charge >= 0.3 is 5.69 Å². The van der Waals surface area contributed by atoms with Gasteiger partial charge in [-0.2, -0.15) is 4.98 Å². The zero-order valence-corrected chi connectivity index (χ0v) is 36.6. The third-order valence-electron chi connectivity index (χ3n) is 10.9. The summed E-state index contributed by atoms with van der Waals surface area (Å²) in [4.78, 5) is 58.1. The maximum atomic E-state index is 14.3. The van der Waals surface area contributed by atoms with Crippen LogP contribution in [0.25, 0.3) is 11.0 Å². The predicted molar refractivity (Wildman–Crippen MR) is 236 cm³/mol. The van der Waals surface area contributed by atoms with E-state index in [9.17, 15) is 32.0 Å². The van der Waals surface area contributed by atoms with E-state index in [1.54, 1.807) is 30.7 Å². The van der Waals surface area contributed by atoms with Gasteiger partial charge < -0.3 is 16.4 Å². The number of unbranched alkanes of at least 4 members (excludes halogenated alkanes) is 9. The third-order valence-corrected chi connectivity index (χ3v) is 12.9. The summed E-state index contributed by atoms with van der Waals surface area (Å²) in [7, 11) is -1.99. The van der Waals surface area contributed by atoms with Gasteiger partial charge in [0.15, 0.2) is 0 Å². The number of nitrogens with two attached hydrogens (primary N) is 1. The van der Waals surface area contributed by atoms with E-state index < -0.39 is 33.7 Å². The van der Waals surface area contributed by atoms with Crippen molar-refractivity contribution >= 4 is 77.8 Å². The summed E-state index contributed by atoms with van der Waals surface area (Å²) in [5, 5.41) is 8.36. The number of sulfonamides is 1. The van der Waals surface area contributed by atoms with Crippen LogP contribution < -0.4 is 32.1 Å². The number of aryl methyl sites for hydroxylation is 3. The van der Waals surface area contributed by atoms with E-state index in [2.05, 4.69) is 46.6 Å². The molecule has 0 radical (unpaired) electrons. The number of carbonyl (C=O) groups excluding carboxylic acids is 3. The molecule has 324 valence electrons. The van der Waals surface area contributed by atoms with Crippen molar-refractivity contribution in [3.8, 4) is 0 Å². The molecule has 3 amide bonds. The fourth-order valence-corrected chi connectivity index (χ4v) is 9.13. The fraction of sp³-hybridized carbons (Fsp3) is 0.395. The number of nitrogens with one attached hydrogen (secondary N) is 4. The molecule has 3 aromatic carbocycles. The zero-order valence-electron chi connectivity index (χ0n) is 34.2. The molecule has 0 bridgehead atoms. The topological polar surface area (TPSA) is 212 Å². The number of halogens is 2. The summed E-state index contributed by atoms with van der Waals surface area (Å²) in [5.74, 6) is -2.01. The van der Waals surface area contributed by atoms with Gasteiger partial charge in [-0.1, -0.05) is 69.6 Å². The molecule has 5 aromatic rings. The number of rotatable bonds is 21. The molecular formula is C43H51BrFN9O6S. The number of hydrogen-bond donors (Lipinski definition) is 5. The first-order valence-electron chi connectivity index (χ1n) is 20.5. The molecule has 0 saturated carbocycles.